The monoisotopic (exact) mass is 194 g/mol. The number of hydrogen-bond donors (Lipinski definition) is 1. The molecule has 1 heterocycles. The molecule has 1 atom stereocenters. The first kappa shape index (κ1) is 9.02. The third-order valence-corrected chi connectivity index (χ3v) is 2.28. The standard InChI is InChI=1S/C10H10O4/c1-13-8-5-14-10(12)9-6(8)3-2-4-7(9)11/h2-4,8,11H,5H2,1H3. The molecular weight excluding hydrogens is 184 g/mol. The maximum absolute atomic E-state index is 11.3. The summed E-state index contributed by atoms with van der Waals surface area (Å²) >= 11 is 0. The number of fused-ring (bicyclic) bond motifs is 1. The molecule has 0 radical (unpaired) electrons. The Morgan fingerprint density at radius 1 is 1.57 bits per heavy atom. The summed E-state index contributed by atoms with van der Waals surface area (Å²) in [6.45, 7) is 0.200. The summed E-state index contributed by atoms with van der Waals surface area (Å²) in [6.07, 6.45) is -0.283. The van der Waals surface area contributed by atoms with Crippen molar-refractivity contribution < 1.29 is 19.4 Å². The average Bonchev–Trinajstić information content (AvgIpc) is 2.18. The molecule has 0 saturated heterocycles. The van der Waals surface area contributed by atoms with Gasteiger partial charge in [-0.05, 0) is 6.07 Å². The predicted molar refractivity (Wildman–Crippen MR) is 48.1 cm³/mol. The minimum absolute atomic E-state index is 0.0609. The van der Waals surface area contributed by atoms with Crippen LogP contribution in [0.3, 0.4) is 0 Å². The highest BCUT2D eigenvalue weighted by molar-refractivity contribution is 5.95. The zero-order valence-corrected chi connectivity index (χ0v) is 7.69. The Balaban J connectivity index is 2.56. The fourth-order valence-corrected chi connectivity index (χ4v) is 1.56. The van der Waals surface area contributed by atoms with Gasteiger partial charge in [-0.2, -0.15) is 0 Å². The summed E-state index contributed by atoms with van der Waals surface area (Å²) in [5.74, 6) is -0.555. The van der Waals surface area contributed by atoms with Crippen molar-refractivity contribution in [3.8, 4) is 5.75 Å². The lowest BCUT2D eigenvalue weighted by Crippen LogP contribution is -2.23. The van der Waals surface area contributed by atoms with E-state index in [0.29, 0.717) is 5.56 Å². The first-order chi connectivity index (χ1) is 6.74. The Bertz CT molecular complexity index is 372. The van der Waals surface area contributed by atoms with Gasteiger partial charge in [0.2, 0.25) is 0 Å². The number of ether oxygens (including phenoxy) is 2. The molecule has 1 N–H and O–H groups in total. The van der Waals surface area contributed by atoms with Gasteiger partial charge in [0.15, 0.2) is 0 Å². The van der Waals surface area contributed by atoms with Crippen LogP contribution in [0, 0.1) is 0 Å². The topological polar surface area (TPSA) is 55.8 Å². The SMILES string of the molecule is COC1COC(=O)c2c(O)cccc21. The number of carbonyl (C=O) groups is 1. The van der Waals surface area contributed by atoms with Crippen molar-refractivity contribution in [3.63, 3.8) is 0 Å². The molecule has 1 aliphatic rings. The van der Waals surface area contributed by atoms with Crippen LogP contribution in [0.1, 0.15) is 22.0 Å². The summed E-state index contributed by atoms with van der Waals surface area (Å²) in [4.78, 5) is 11.3. The molecule has 74 valence electrons. The van der Waals surface area contributed by atoms with Crippen molar-refractivity contribution in [2.45, 2.75) is 6.10 Å². The minimum atomic E-state index is -0.494. The lowest BCUT2D eigenvalue weighted by atomic mass is 9.99. The van der Waals surface area contributed by atoms with Crippen LogP contribution < -0.4 is 0 Å². The number of carbonyl (C=O) groups excluding carboxylic acids is 1. The van der Waals surface area contributed by atoms with Crippen LogP contribution in [0.25, 0.3) is 0 Å². The largest absolute Gasteiger partial charge is 0.507 e. The van der Waals surface area contributed by atoms with Gasteiger partial charge >= 0.3 is 5.97 Å². The summed E-state index contributed by atoms with van der Waals surface area (Å²) in [5, 5.41) is 9.48. The Morgan fingerprint density at radius 3 is 3.07 bits per heavy atom. The number of phenolic OH excluding ortho intramolecular Hbond substituents is 1. The van der Waals surface area contributed by atoms with E-state index >= 15 is 0 Å². The molecule has 0 bridgehead atoms. The van der Waals surface area contributed by atoms with E-state index in [4.69, 9.17) is 9.47 Å². The van der Waals surface area contributed by atoms with Crippen molar-refractivity contribution in [1.82, 2.24) is 0 Å². The van der Waals surface area contributed by atoms with Crippen LogP contribution in [0.2, 0.25) is 0 Å². The molecule has 0 aliphatic carbocycles. The molecule has 0 aromatic heterocycles. The van der Waals surface area contributed by atoms with Gasteiger partial charge < -0.3 is 14.6 Å². The van der Waals surface area contributed by atoms with E-state index in [9.17, 15) is 9.90 Å². The second kappa shape index (κ2) is 3.31. The molecule has 0 fully saturated rings. The molecule has 1 aliphatic heterocycles. The second-order valence-corrected chi connectivity index (χ2v) is 3.06. The molecule has 0 saturated carbocycles. The highest BCUT2D eigenvalue weighted by Gasteiger charge is 2.29. The number of aromatic hydroxyl groups is 1. The maximum Gasteiger partial charge on any atom is 0.342 e. The Labute approximate surface area is 81.1 Å². The first-order valence-electron chi connectivity index (χ1n) is 4.26. The van der Waals surface area contributed by atoms with Crippen molar-refractivity contribution in [3.05, 3.63) is 29.3 Å². The minimum Gasteiger partial charge on any atom is -0.507 e. The van der Waals surface area contributed by atoms with Crippen molar-refractivity contribution in [1.29, 1.82) is 0 Å². The number of rotatable bonds is 1. The van der Waals surface area contributed by atoms with E-state index in [0.717, 1.165) is 0 Å². The first-order valence-corrected chi connectivity index (χ1v) is 4.26. The molecule has 4 nitrogen and oxygen atoms in total. The van der Waals surface area contributed by atoms with Crippen LogP contribution in [0.5, 0.6) is 5.75 Å². The van der Waals surface area contributed by atoms with Gasteiger partial charge in [0.1, 0.15) is 24.0 Å². The summed E-state index contributed by atoms with van der Waals surface area (Å²) in [7, 11) is 1.54. The molecule has 2 rings (SSSR count). The molecule has 1 aromatic carbocycles. The highest BCUT2D eigenvalue weighted by atomic mass is 16.6. The van der Waals surface area contributed by atoms with Gasteiger partial charge in [-0.15, -0.1) is 0 Å². The zero-order valence-electron chi connectivity index (χ0n) is 7.69. The van der Waals surface area contributed by atoms with Gasteiger partial charge in [-0.3, -0.25) is 0 Å². The lowest BCUT2D eigenvalue weighted by molar-refractivity contribution is 0.000213. The molecule has 1 aromatic rings. The van der Waals surface area contributed by atoms with Gasteiger partial charge in [-0.25, -0.2) is 4.79 Å². The van der Waals surface area contributed by atoms with Crippen LogP contribution in [-0.4, -0.2) is 24.8 Å². The molecule has 14 heavy (non-hydrogen) atoms. The fraction of sp³-hybridized carbons (Fsp3) is 0.300. The van der Waals surface area contributed by atoms with E-state index in [1.807, 2.05) is 0 Å². The molecular formula is C10H10O4. The quantitative estimate of drug-likeness (QED) is 0.683. The molecule has 1 unspecified atom stereocenters. The number of cyclic esters (lactones) is 1. The van der Waals surface area contributed by atoms with Crippen molar-refractivity contribution in [2.75, 3.05) is 13.7 Å². The number of hydrogen-bond acceptors (Lipinski definition) is 4. The zero-order chi connectivity index (χ0) is 10.1. The van der Waals surface area contributed by atoms with Crippen LogP contribution in [0.4, 0.5) is 0 Å². The number of benzene rings is 1. The molecule has 0 amide bonds. The smallest absolute Gasteiger partial charge is 0.342 e. The van der Waals surface area contributed by atoms with Gasteiger partial charge in [0.05, 0.1) is 0 Å². The number of phenols is 1. The normalized spacial score (nSPS) is 20.1. The highest BCUT2D eigenvalue weighted by Crippen LogP contribution is 2.32. The van der Waals surface area contributed by atoms with E-state index in [-0.39, 0.29) is 24.0 Å². The van der Waals surface area contributed by atoms with Crippen molar-refractivity contribution >= 4 is 5.97 Å². The third-order valence-electron chi connectivity index (χ3n) is 2.28. The van der Waals surface area contributed by atoms with Gasteiger partial charge in [0, 0.05) is 12.7 Å². The van der Waals surface area contributed by atoms with Crippen LogP contribution in [0.15, 0.2) is 18.2 Å². The van der Waals surface area contributed by atoms with Crippen LogP contribution >= 0.6 is 0 Å². The third kappa shape index (κ3) is 1.24. The van der Waals surface area contributed by atoms with E-state index < -0.39 is 5.97 Å². The van der Waals surface area contributed by atoms with E-state index in [2.05, 4.69) is 0 Å². The Hall–Kier alpha value is -1.55. The second-order valence-electron chi connectivity index (χ2n) is 3.06. The Morgan fingerprint density at radius 2 is 2.36 bits per heavy atom. The predicted octanol–water partition coefficient (Wildman–Crippen LogP) is 1.25. The summed E-state index contributed by atoms with van der Waals surface area (Å²) in [6, 6.07) is 4.89. The molecule has 0 spiro atoms. The van der Waals surface area contributed by atoms with E-state index in [1.165, 1.54) is 13.2 Å². The van der Waals surface area contributed by atoms with Gasteiger partial charge in [0.25, 0.3) is 0 Å². The summed E-state index contributed by atoms with van der Waals surface area (Å²) < 4.78 is 10.00. The van der Waals surface area contributed by atoms with E-state index in [1.54, 1.807) is 12.1 Å². The Kier molecular flexibility index (Phi) is 2.13. The van der Waals surface area contributed by atoms with Crippen LogP contribution in [-0.2, 0) is 9.47 Å². The van der Waals surface area contributed by atoms with Crippen molar-refractivity contribution in [2.24, 2.45) is 0 Å². The fourth-order valence-electron chi connectivity index (χ4n) is 1.56. The number of esters is 1. The average molecular weight is 194 g/mol. The van der Waals surface area contributed by atoms with Gasteiger partial charge in [-0.1, -0.05) is 12.1 Å². The summed E-state index contributed by atoms with van der Waals surface area (Å²) in [5.41, 5.74) is 0.898. The molecule has 4 heteroatoms. The maximum atomic E-state index is 11.3. The number of methoxy groups -OCH3 is 1. The lowest BCUT2D eigenvalue weighted by Gasteiger charge is -2.23.